The molecule has 0 bridgehead atoms. The van der Waals surface area contributed by atoms with Crippen LogP contribution in [0, 0.1) is 18.8 Å². The van der Waals surface area contributed by atoms with Crippen molar-refractivity contribution in [1.29, 1.82) is 0 Å². The number of nitrogens with one attached hydrogen (secondary N) is 1. The van der Waals surface area contributed by atoms with Gasteiger partial charge in [-0.15, -0.1) is 11.3 Å². The lowest BCUT2D eigenvalue weighted by Crippen LogP contribution is -2.29. The Morgan fingerprint density at radius 1 is 1.38 bits per heavy atom. The fraction of sp³-hybridized carbons (Fsp3) is 0.600. The van der Waals surface area contributed by atoms with Gasteiger partial charge in [-0.3, -0.25) is 4.79 Å². The largest absolute Gasteiger partial charge is 0.465 e. The minimum Gasteiger partial charge on any atom is -0.465 e. The van der Waals surface area contributed by atoms with Gasteiger partial charge in [-0.05, 0) is 56.0 Å². The standard InChI is InChI=1S/C15H22N2O3S/c1-9-8-21-13(15(19)20-2)12(9)17-14(18)11-5-3-10(7-16)4-6-11/h8,10-11H,3-7,16H2,1-2H3,(H,17,18). The molecule has 116 valence electrons. The Hall–Kier alpha value is -1.40. The normalized spacial score (nSPS) is 21.9. The minimum absolute atomic E-state index is 0.00266. The van der Waals surface area contributed by atoms with E-state index in [4.69, 9.17) is 10.5 Å². The zero-order valence-corrected chi connectivity index (χ0v) is 13.3. The van der Waals surface area contributed by atoms with E-state index < -0.39 is 5.97 Å². The van der Waals surface area contributed by atoms with Crippen molar-refractivity contribution in [3.05, 3.63) is 15.8 Å². The summed E-state index contributed by atoms with van der Waals surface area (Å²) in [6.07, 6.45) is 3.73. The smallest absolute Gasteiger partial charge is 0.350 e. The van der Waals surface area contributed by atoms with E-state index >= 15 is 0 Å². The Bertz CT molecular complexity index is 519. The van der Waals surface area contributed by atoms with Crippen molar-refractivity contribution < 1.29 is 14.3 Å². The van der Waals surface area contributed by atoms with Crippen LogP contribution in [0.5, 0.6) is 0 Å². The first kappa shape index (κ1) is 16.0. The molecule has 21 heavy (non-hydrogen) atoms. The Balaban J connectivity index is 2.03. The van der Waals surface area contributed by atoms with Crippen molar-refractivity contribution in [3.8, 4) is 0 Å². The van der Waals surface area contributed by atoms with Crippen molar-refractivity contribution in [2.24, 2.45) is 17.6 Å². The van der Waals surface area contributed by atoms with Gasteiger partial charge in [0.2, 0.25) is 5.91 Å². The zero-order valence-electron chi connectivity index (χ0n) is 12.5. The van der Waals surface area contributed by atoms with Crippen molar-refractivity contribution in [3.63, 3.8) is 0 Å². The number of thiophene rings is 1. The molecule has 3 N–H and O–H groups in total. The third kappa shape index (κ3) is 3.63. The number of carbonyl (C=O) groups excluding carboxylic acids is 2. The van der Waals surface area contributed by atoms with Crippen LogP contribution in [0.25, 0.3) is 0 Å². The molecule has 2 rings (SSSR count). The van der Waals surface area contributed by atoms with Gasteiger partial charge in [-0.1, -0.05) is 0 Å². The molecule has 5 nitrogen and oxygen atoms in total. The molecule has 1 aromatic rings. The number of nitrogens with two attached hydrogens (primary N) is 1. The molecule has 1 heterocycles. The van der Waals surface area contributed by atoms with Gasteiger partial charge in [0.15, 0.2) is 0 Å². The summed E-state index contributed by atoms with van der Waals surface area (Å²) in [5, 5.41) is 4.77. The predicted molar refractivity (Wildman–Crippen MR) is 83.5 cm³/mol. The molecule has 0 spiro atoms. The molecule has 1 amide bonds. The average Bonchev–Trinajstić information content (AvgIpc) is 2.87. The fourth-order valence-corrected chi connectivity index (χ4v) is 3.65. The van der Waals surface area contributed by atoms with E-state index in [1.54, 1.807) is 0 Å². The molecule has 1 aliphatic carbocycles. The van der Waals surface area contributed by atoms with Gasteiger partial charge < -0.3 is 15.8 Å². The second kappa shape index (κ2) is 7.04. The molecular weight excluding hydrogens is 288 g/mol. The van der Waals surface area contributed by atoms with Crippen LogP contribution in [0.4, 0.5) is 5.69 Å². The highest BCUT2D eigenvalue weighted by atomic mass is 32.1. The van der Waals surface area contributed by atoms with Crippen LogP contribution >= 0.6 is 11.3 Å². The van der Waals surface area contributed by atoms with Crippen LogP contribution in [0.1, 0.15) is 40.9 Å². The topological polar surface area (TPSA) is 81.4 Å². The summed E-state index contributed by atoms with van der Waals surface area (Å²) in [5.74, 6) is 0.146. The zero-order chi connectivity index (χ0) is 15.4. The molecule has 1 saturated carbocycles. The van der Waals surface area contributed by atoms with Crippen molar-refractivity contribution in [1.82, 2.24) is 0 Å². The van der Waals surface area contributed by atoms with E-state index in [-0.39, 0.29) is 11.8 Å². The molecule has 1 aromatic heterocycles. The van der Waals surface area contributed by atoms with Crippen molar-refractivity contribution in [2.45, 2.75) is 32.6 Å². The molecule has 0 aliphatic heterocycles. The maximum atomic E-state index is 12.4. The van der Waals surface area contributed by atoms with E-state index in [0.29, 0.717) is 23.0 Å². The maximum absolute atomic E-state index is 12.4. The number of methoxy groups -OCH3 is 1. The van der Waals surface area contributed by atoms with Gasteiger partial charge in [0.1, 0.15) is 4.88 Å². The first-order chi connectivity index (χ1) is 10.1. The molecule has 6 heteroatoms. The number of esters is 1. The lowest BCUT2D eigenvalue weighted by Gasteiger charge is -2.26. The number of anilines is 1. The van der Waals surface area contributed by atoms with E-state index in [1.165, 1.54) is 18.4 Å². The van der Waals surface area contributed by atoms with E-state index in [1.807, 2.05) is 12.3 Å². The molecule has 0 unspecified atom stereocenters. The van der Waals surface area contributed by atoms with Crippen molar-refractivity contribution >= 4 is 28.9 Å². The minimum atomic E-state index is -0.407. The number of amides is 1. The molecule has 1 aliphatic rings. The number of ether oxygens (including phenoxy) is 1. The summed E-state index contributed by atoms with van der Waals surface area (Å²) in [4.78, 5) is 24.6. The summed E-state index contributed by atoms with van der Waals surface area (Å²) in [7, 11) is 1.34. The summed E-state index contributed by atoms with van der Waals surface area (Å²) < 4.78 is 4.75. The first-order valence-electron chi connectivity index (χ1n) is 7.24. The number of carbonyl (C=O) groups is 2. The highest BCUT2D eigenvalue weighted by Crippen LogP contribution is 2.32. The van der Waals surface area contributed by atoms with Gasteiger partial charge in [-0.25, -0.2) is 4.79 Å². The Morgan fingerprint density at radius 3 is 2.62 bits per heavy atom. The molecule has 0 aromatic carbocycles. The van der Waals surface area contributed by atoms with Gasteiger partial charge in [-0.2, -0.15) is 0 Å². The Labute approximate surface area is 128 Å². The summed E-state index contributed by atoms with van der Waals surface area (Å²) in [5.41, 5.74) is 7.16. The van der Waals surface area contributed by atoms with Crippen LogP contribution in [-0.4, -0.2) is 25.5 Å². The monoisotopic (exact) mass is 310 g/mol. The summed E-state index contributed by atoms with van der Waals surface area (Å²) >= 11 is 1.30. The molecule has 0 saturated heterocycles. The lowest BCUT2D eigenvalue weighted by molar-refractivity contribution is -0.121. The number of rotatable bonds is 4. The van der Waals surface area contributed by atoms with E-state index in [2.05, 4.69) is 5.32 Å². The van der Waals surface area contributed by atoms with E-state index in [0.717, 1.165) is 31.2 Å². The van der Waals surface area contributed by atoms with Gasteiger partial charge in [0.25, 0.3) is 0 Å². The van der Waals surface area contributed by atoms with Crippen LogP contribution in [0.3, 0.4) is 0 Å². The van der Waals surface area contributed by atoms with Crippen LogP contribution < -0.4 is 11.1 Å². The van der Waals surface area contributed by atoms with Crippen LogP contribution in [0.2, 0.25) is 0 Å². The van der Waals surface area contributed by atoms with Gasteiger partial charge in [0.05, 0.1) is 12.8 Å². The van der Waals surface area contributed by atoms with Gasteiger partial charge >= 0.3 is 5.97 Å². The Kier molecular flexibility index (Phi) is 5.36. The van der Waals surface area contributed by atoms with Crippen molar-refractivity contribution in [2.75, 3.05) is 19.0 Å². The highest BCUT2D eigenvalue weighted by Gasteiger charge is 2.27. The van der Waals surface area contributed by atoms with Crippen LogP contribution in [0.15, 0.2) is 5.38 Å². The highest BCUT2D eigenvalue weighted by molar-refractivity contribution is 7.12. The molecular formula is C15H22N2O3S. The molecule has 1 fully saturated rings. The van der Waals surface area contributed by atoms with E-state index in [9.17, 15) is 9.59 Å². The first-order valence-corrected chi connectivity index (χ1v) is 8.12. The molecule has 0 radical (unpaired) electrons. The summed E-state index contributed by atoms with van der Waals surface area (Å²) in [6, 6.07) is 0. The fourth-order valence-electron chi connectivity index (χ4n) is 2.73. The number of hydrogen-bond acceptors (Lipinski definition) is 5. The second-order valence-corrected chi connectivity index (χ2v) is 6.44. The number of aryl methyl sites for hydroxylation is 1. The average molecular weight is 310 g/mol. The quantitative estimate of drug-likeness (QED) is 0.837. The third-order valence-electron chi connectivity index (χ3n) is 4.14. The molecule has 0 atom stereocenters. The van der Waals surface area contributed by atoms with Gasteiger partial charge in [0, 0.05) is 5.92 Å². The SMILES string of the molecule is COC(=O)c1scc(C)c1NC(=O)C1CCC(CN)CC1. The summed E-state index contributed by atoms with van der Waals surface area (Å²) in [6.45, 7) is 2.58. The second-order valence-electron chi connectivity index (χ2n) is 5.56. The van der Waals surface area contributed by atoms with Crippen LogP contribution in [-0.2, 0) is 9.53 Å². The number of hydrogen-bond donors (Lipinski definition) is 2. The lowest BCUT2D eigenvalue weighted by atomic mass is 9.81. The maximum Gasteiger partial charge on any atom is 0.350 e. The third-order valence-corrected chi connectivity index (χ3v) is 5.22. The predicted octanol–water partition coefficient (Wildman–Crippen LogP) is 2.55. The Morgan fingerprint density at radius 2 is 2.05 bits per heavy atom.